The Kier molecular flexibility index (Phi) is 5.62. The second-order valence-electron chi connectivity index (χ2n) is 5.49. The summed E-state index contributed by atoms with van der Waals surface area (Å²) in [6.07, 6.45) is 4.05. The first kappa shape index (κ1) is 13.0. The first-order chi connectivity index (χ1) is 7.13. The van der Waals surface area contributed by atoms with Crippen LogP contribution in [0, 0.1) is 11.8 Å². The van der Waals surface area contributed by atoms with Crippen LogP contribution in [0.4, 0.5) is 0 Å². The molecule has 1 N–H and O–H groups in total. The lowest BCUT2D eigenvalue weighted by molar-refractivity contribution is 0.0979. The molecule has 3 atom stereocenters. The zero-order chi connectivity index (χ0) is 11.3. The summed E-state index contributed by atoms with van der Waals surface area (Å²) in [4.78, 5) is 2.69. The first-order valence-corrected chi connectivity index (χ1v) is 6.52. The van der Waals surface area contributed by atoms with Gasteiger partial charge in [-0.05, 0) is 51.6 Å². The lowest BCUT2D eigenvalue weighted by Crippen LogP contribution is -2.44. The van der Waals surface area contributed by atoms with Crippen molar-refractivity contribution in [2.75, 3.05) is 26.7 Å². The molecule has 0 amide bonds. The maximum Gasteiger partial charge on any atom is 0.00676 e. The van der Waals surface area contributed by atoms with Crippen LogP contribution in [0.25, 0.3) is 0 Å². The van der Waals surface area contributed by atoms with Gasteiger partial charge in [0.25, 0.3) is 0 Å². The number of nitrogens with zero attached hydrogens (tertiary/aromatic N) is 1. The Morgan fingerprint density at radius 2 is 1.87 bits per heavy atom. The molecule has 0 spiro atoms. The van der Waals surface area contributed by atoms with Crippen LogP contribution in [0.15, 0.2) is 0 Å². The third-order valence-electron chi connectivity index (χ3n) is 3.57. The van der Waals surface area contributed by atoms with Gasteiger partial charge in [0.15, 0.2) is 0 Å². The van der Waals surface area contributed by atoms with E-state index in [2.05, 4.69) is 31.0 Å². The molecule has 3 unspecified atom stereocenters. The third kappa shape index (κ3) is 4.52. The molecule has 0 bridgehead atoms. The van der Waals surface area contributed by atoms with Crippen molar-refractivity contribution < 1.29 is 0 Å². The van der Waals surface area contributed by atoms with Crippen molar-refractivity contribution in [3.8, 4) is 0 Å². The predicted molar refractivity (Wildman–Crippen MR) is 67.1 cm³/mol. The van der Waals surface area contributed by atoms with Crippen molar-refractivity contribution in [3.63, 3.8) is 0 Å². The molecule has 1 fully saturated rings. The molecule has 1 saturated heterocycles. The fraction of sp³-hybridized carbons (Fsp3) is 1.00. The Balaban J connectivity index is 2.28. The van der Waals surface area contributed by atoms with Crippen molar-refractivity contribution in [2.24, 2.45) is 11.8 Å². The summed E-state index contributed by atoms with van der Waals surface area (Å²) < 4.78 is 0. The van der Waals surface area contributed by atoms with Gasteiger partial charge in [-0.1, -0.05) is 13.8 Å². The first-order valence-electron chi connectivity index (χ1n) is 6.52. The van der Waals surface area contributed by atoms with Crippen LogP contribution in [0.5, 0.6) is 0 Å². The van der Waals surface area contributed by atoms with Gasteiger partial charge in [-0.25, -0.2) is 0 Å². The van der Waals surface area contributed by atoms with Crippen LogP contribution >= 0.6 is 0 Å². The molecule has 1 aliphatic rings. The second-order valence-corrected chi connectivity index (χ2v) is 5.49. The summed E-state index contributed by atoms with van der Waals surface area (Å²) >= 11 is 0. The second kappa shape index (κ2) is 6.49. The summed E-state index contributed by atoms with van der Waals surface area (Å²) in [6, 6.07) is 0.767. The Labute approximate surface area is 95.4 Å². The summed E-state index contributed by atoms with van der Waals surface area (Å²) in [6.45, 7) is 11.0. The molecule has 0 radical (unpaired) electrons. The number of hydrogen-bond acceptors (Lipinski definition) is 2. The molecule has 0 saturated carbocycles. The van der Waals surface area contributed by atoms with E-state index in [1.807, 2.05) is 7.05 Å². The predicted octanol–water partition coefficient (Wildman–Crippen LogP) is 2.35. The molecular formula is C13H28N2. The van der Waals surface area contributed by atoms with Crippen LogP contribution in [-0.2, 0) is 0 Å². The van der Waals surface area contributed by atoms with Crippen molar-refractivity contribution in [1.29, 1.82) is 0 Å². The van der Waals surface area contributed by atoms with Gasteiger partial charge in [0.05, 0.1) is 0 Å². The van der Waals surface area contributed by atoms with E-state index in [-0.39, 0.29) is 0 Å². The highest BCUT2D eigenvalue weighted by Crippen LogP contribution is 2.23. The minimum absolute atomic E-state index is 0.767. The lowest BCUT2D eigenvalue weighted by atomic mass is 9.90. The van der Waals surface area contributed by atoms with Crippen LogP contribution in [0.1, 0.15) is 40.0 Å². The van der Waals surface area contributed by atoms with E-state index >= 15 is 0 Å². The molecular weight excluding hydrogens is 184 g/mol. The minimum atomic E-state index is 0.767. The van der Waals surface area contributed by atoms with Crippen LogP contribution in [0.3, 0.4) is 0 Å². The SMILES string of the molecule is CNCCCC(C)N1CC(C)CC(C)C1. The van der Waals surface area contributed by atoms with Gasteiger partial charge in [0.1, 0.15) is 0 Å². The number of hydrogen-bond donors (Lipinski definition) is 1. The number of piperidine rings is 1. The number of likely N-dealkylation sites (tertiary alicyclic amines) is 1. The van der Waals surface area contributed by atoms with E-state index in [1.54, 1.807) is 0 Å². The molecule has 15 heavy (non-hydrogen) atoms. The topological polar surface area (TPSA) is 15.3 Å². The molecule has 0 aliphatic carbocycles. The molecule has 1 rings (SSSR count). The molecule has 0 aromatic rings. The fourth-order valence-electron chi connectivity index (χ4n) is 2.83. The van der Waals surface area contributed by atoms with Crippen molar-refractivity contribution in [1.82, 2.24) is 10.2 Å². The summed E-state index contributed by atoms with van der Waals surface area (Å²) in [5.74, 6) is 1.78. The largest absolute Gasteiger partial charge is 0.320 e. The van der Waals surface area contributed by atoms with Gasteiger partial charge < -0.3 is 10.2 Å². The Morgan fingerprint density at radius 3 is 2.40 bits per heavy atom. The molecule has 1 heterocycles. The smallest absolute Gasteiger partial charge is 0.00676 e. The van der Waals surface area contributed by atoms with Crippen molar-refractivity contribution >= 4 is 0 Å². The zero-order valence-electron chi connectivity index (χ0n) is 10.9. The van der Waals surface area contributed by atoms with E-state index in [1.165, 1.54) is 32.4 Å². The Hall–Kier alpha value is -0.0800. The molecule has 2 heteroatoms. The maximum absolute atomic E-state index is 3.23. The van der Waals surface area contributed by atoms with Gasteiger partial charge >= 0.3 is 0 Å². The normalized spacial score (nSPS) is 30.4. The highest BCUT2D eigenvalue weighted by atomic mass is 15.2. The highest BCUT2D eigenvalue weighted by molar-refractivity contribution is 4.78. The quantitative estimate of drug-likeness (QED) is 0.704. The van der Waals surface area contributed by atoms with Crippen LogP contribution < -0.4 is 5.32 Å². The third-order valence-corrected chi connectivity index (χ3v) is 3.57. The standard InChI is InChI=1S/C13H28N2/c1-11-8-12(2)10-15(9-11)13(3)6-5-7-14-4/h11-14H,5-10H2,1-4H3. The van der Waals surface area contributed by atoms with E-state index < -0.39 is 0 Å². The molecule has 0 aromatic heterocycles. The van der Waals surface area contributed by atoms with Crippen molar-refractivity contribution in [2.45, 2.75) is 46.1 Å². The Bertz CT molecular complexity index is 160. The number of rotatable bonds is 5. The molecule has 2 nitrogen and oxygen atoms in total. The van der Waals surface area contributed by atoms with Gasteiger partial charge in [-0.2, -0.15) is 0 Å². The van der Waals surface area contributed by atoms with Crippen molar-refractivity contribution in [3.05, 3.63) is 0 Å². The van der Waals surface area contributed by atoms with E-state index in [0.29, 0.717) is 0 Å². The summed E-state index contributed by atoms with van der Waals surface area (Å²) in [5.41, 5.74) is 0. The Morgan fingerprint density at radius 1 is 1.27 bits per heavy atom. The fourth-order valence-corrected chi connectivity index (χ4v) is 2.83. The average molecular weight is 212 g/mol. The summed E-state index contributed by atoms with van der Waals surface area (Å²) in [5, 5.41) is 3.23. The van der Waals surface area contributed by atoms with Crippen LogP contribution in [0.2, 0.25) is 0 Å². The summed E-state index contributed by atoms with van der Waals surface area (Å²) in [7, 11) is 2.04. The molecule has 1 aliphatic heterocycles. The molecule has 90 valence electrons. The van der Waals surface area contributed by atoms with E-state index in [4.69, 9.17) is 0 Å². The van der Waals surface area contributed by atoms with E-state index in [0.717, 1.165) is 24.4 Å². The lowest BCUT2D eigenvalue weighted by Gasteiger charge is -2.39. The minimum Gasteiger partial charge on any atom is -0.320 e. The maximum atomic E-state index is 3.23. The average Bonchev–Trinajstić information content (AvgIpc) is 2.16. The number of nitrogens with one attached hydrogen (secondary N) is 1. The monoisotopic (exact) mass is 212 g/mol. The van der Waals surface area contributed by atoms with Gasteiger partial charge in [-0.3, -0.25) is 0 Å². The van der Waals surface area contributed by atoms with Gasteiger partial charge in [0, 0.05) is 19.1 Å². The zero-order valence-corrected chi connectivity index (χ0v) is 10.9. The van der Waals surface area contributed by atoms with Gasteiger partial charge in [-0.15, -0.1) is 0 Å². The highest BCUT2D eigenvalue weighted by Gasteiger charge is 2.24. The van der Waals surface area contributed by atoms with Gasteiger partial charge in [0.2, 0.25) is 0 Å². The molecule has 0 aromatic carbocycles. The van der Waals surface area contributed by atoms with E-state index in [9.17, 15) is 0 Å². The van der Waals surface area contributed by atoms with Crippen LogP contribution in [-0.4, -0.2) is 37.6 Å².